The summed E-state index contributed by atoms with van der Waals surface area (Å²) < 4.78 is 0. The van der Waals surface area contributed by atoms with E-state index in [0.29, 0.717) is 12.1 Å². The molecule has 16 heteroatoms. The fourth-order valence-corrected chi connectivity index (χ4v) is 3.04. The predicted molar refractivity (Wildman–Crippen MR) is 99.7 cm³/mol. The van der Waals surface area contributed by atoms with Crippen LogP contribution < -0.4 is 5.11 Å². The molecule has 164 valence electrons. The molecule has 0 amide bonds. The van der Waals surface area contributed by atoms with Gasteiger partial charge in [0, 0.05) is 23.3 Å². The summed E-state index contributed by atoms with van der Waals surface area (Å²) in [5, 5.41) is 60.2. The molecule has 16 nitrogen and oxygen atoms in total. The topological polar surface area (TPSA) is 234 Å². The first-order valence-electron chi connectivity index (χ1n) is 8.33. The van der Waals surface area contributed by atoms with Crippen molar-refractivity contribution in [1.29, 1.82) is 0 Å². The molecule has 1 aliphatic carbocycles. The van der Waals surface area contributed by atoms with E-state index in [-0.39, 0.29) is 11.1 Å². The second kappa shape index (κ2) is 7.67. The highest BCUT2D eigenvalue weighted by atomic mass is 16.7. The van der Waals surface area contributed by atoms with E-state index in [1.54, 1.807) is 0 Å². The third kappa shape index (κ3) is 3.51. The van der Waals surface area contributed by atoms with Gasteiger partial charge >= 0.3 is 0 Å². The molecule has 0 bridgehead atoms. The Hall–Kier alpha value is -5.02. The molecule has 0 aliphatic heterocycles. The van der Waals surface area contributed by atoms with Crippen LogP contribution in [0.4, 0.5) is 22.7 Å². The van der Waals surface area contributed by atoms with Gasteiger partial charge in [0.1, 0.15) is 5.71 Å². The zero-order chi connectivity index (χ0) is 23.9. The van der Waals surface area contributed by atoms with E-state index >= 15 is 0 Å². The van der Waals surface area contributed by atoms with E-state index in [2.05, 4.69) is 5.16 Å². The van der Waals surface area contributed by atoms with Gasteiger partial charge in [0.2, 0.25) is 0 Å². The summed E-state index contributed by atoms with van der Waals surface area (Å²) in [6.45, 7) is 1.02. The van der Waals surface area contributed by atoms with Crippen molar-refractivity contribution in [3.63, 3.8) is 0 Å². The third-order valence-electron chi connectivity index (χ3n) is 4.41. The Morgan fingerprint density at radius 2 is 1.22 bits per heavy atom. The highest BCUT2D eigenvalue weighted by molar-refractivity contribution is 6.27. The molecular formula is C16H8N5O11-. The number of rotatable bonds is 7. The average molecular weight is 446 g/mol. The molecule has 1 unspecified atom stereocenters. The smallest absolute Gasteiger partial charge is 0.285 e. The minimum Gasteiger partial charge on any atom is -0.546 e. The van der Waals surface area contributed by atoms with Crippen molar-refractivity contribution in [3.8, 4) is 11.1 Å². The Morgan fingerprint density at radius 3 is 1.53 bits per heavy atom. The van der Waals surface area contributed by atoms with Crippen LogP contribution in [-0.2, 0) is 9.63 Å². The fraction of sp³-hybridized carbons (Fsp3) is 0.125. The molecule has 3 rings (SSSR count). The zero-order valence-corrected chi connectivity index (χ0v) is 15.6. The van der Waals surface area contributed by atoms with Crippen molar-refractivity contribution in [3.05, 3.63) is 75.8 Å². The molecule has 0 fully saturated rings. The van der Waals surface area contributed by atoms with Crippen molar-refractivity contribution in [2.75, 3.05) is 0 Å². The second-order valence-electron chi connectivity index (χ2n) is 6.31. The summed E-state index contributed by atoms with van der Waals surface area (Å²) in [6, 6.07) is 2.76. The molecule has 0 radical (unpaired) electrons. The largest absolute Gasteiger partial charge is 0.546 e. The quantitative estimate of drug-likeness (QED) is 0.369. The monoisotopic (exact) mass is 446 g/mol. The molecule has 1 atom stereocenters. The fourth-order valence-electron chi connectivity index (χ4n) is 3.04. The van der Waals surface area contributed by atoms with Gasteiger partial charge in [0.25, 0.3) is 22.7 Å². The zero-order valence-electron chi connectivity index (χ0n) is 15.6. The number of carboxylic acids is 1. The Bertz CT molecular complexity index is 1190. The minimum absolute atomic E-state index is 0.380. The first-order chi connectivity index (χ1) is 14.9. The Morgan fingerprint density at radius 1 is 0.812 bits per heavy atom. The normalized spacial score (nSPS) is 12.3. The third-order valence-corrected chi connectivity index (χ3v) is 4.41. The molecule has 0 N–H and O–H groups in total. The number of benzene rings is 2. The summed E-state index contributed by atoms with van der Waals surface area (Å²) in [5.74, 6) is -1.71. The molecule has 32 heavy (non-hydrogen) atoms. The average Bonchev–Trinajstić information content (AvgIpc) is 3.03. The number of non-ortho nitro benzene ring substituents is 2. The minimum atomic E-state index is -1.71. The van der Waals surface area contributed by atoms with Crippen LogP contribution in [0.15, 0.2) is 29.4 Å². The number of fused-ring (bicyclic) bond motifs is 3. The number of carbonyl (C=O) groups excluding carboxylic acids is 1. The van der Waals surface area contributed by atoms with Gasteiger partial charge in [-0.2, -0.15) is 0 Å². The number of nitrogens with zero attached hydrogens (tertiary/aromatic N) is 5. The van der Waals surface area contributed by atoms with E-state index in [4.69, 9.17) is 4.84 Å². The highest BCUT2D eigenvalue weighted by Crippen LogP contribution is 2.50. The van der Waals surface area contributed by atoms with Crippen LogP contribution >= 0.6 is 0 Å². The number of carbonyl (C=O) groups is 1. The van der Waals surface area contributed by atoms with E-state index < -0.39 is 71.4 Å². The van der Waals surface area contributed by atoms with Gasteiger partial charge < -0.3 is 14.7 Å². The number of aliphatic carboxylic acids is 1. The maximum Gasteiger partial charge on any atom is 0.285 e. The lowest BCUT2D eigenvalue weighted by Gasteiger charge is -2.11. The summed E-state index contributed by atoms with van der Waals surface area (Å²) in [7, 11) is 0. The lowest BCUT2D eigenvalue weighted by molar-refractivity contribution is -0.395. The number of oxime groups is 1. The van der Waals surface area contributed by atoms with Crippen LogP contribution in [0, 0.1) is 40.5 Å². The molecule has 0 saturated heterocycles. The maximum absolute atomic E-state index is 11.6. The molecule has 0 heterocycles. The lowest BCUT2D eigenvalue weighted by atomic mass is 10.0. The van der Waals surface area contributed by atoms with Crippen molar-refractivity contribution in [2.45, 2.75) is 13.0 Å². The van der Waals surface area contributed by atoms with E-state index in [1.165, 1.54) is 0 Å². The predicted octanol–water partition coefficient (Wildman–Crippen LogP) is 1.21. The Balaban J connectivity index is 2.47. The van der Waals surface area contributed by atoms with Crippen molar-refractivity contribution in [1.82, 2.24) is 0 Å². The van der Waals surface area contributed by atoms with Crippen molar-refractivity contribution >= 4 is 34.4 Å². The lowest BCUT2D eigenvalue weighted by Crippen LogP contribution is -2.34. The van der Waals surface area contributed by atoms with Crippen LogP contribution in [-0.4, -0.2) is 37.5 Å². The van der Waals surface area contributed by atoms with Gasteiger partial charge in [-0.25, -0.2) is 0 Å². The summed E-state index contributed by atoms with van der Waals surface area (Å²) in [6.07, 6.45) is -1.66. The second-order valence-corrected chi connectivity index (χ2v) is 6.31. The first-order valence-corrected chi connectivity index (χ1v) is 8.33. The number of carboxylic acid groups (broad SMARTS) is 1. The molecular weight excluding hydrogens is 438 g/mol. The standard InChI is InChI=1S/C16H9N5O11/c1-6(16(22)23)32-17-15-9-2-7(18(24)25)4-11(20(28)29)13(9)14-10(15)3-8(19(26)27)5-12(14)21(30)31/h2-6H,1H3,(H,22,23)/p-1. The van der Waals surface area contributed by atoms with Crippen LogP contribution in [0.2, 0.25) is 0 Å². The van der Waals surface area contributed by atoms with Crippen LogP contribution in [0.1, 0.15) is 18.1 Å². The SMILES string of the molecule is CC(ON=C1c2cc([N+](=O)[O-])cc([N+](=O)[O-])c2-c2c1cc([N+](=O)[O-])cc2[N+](=O)[O-])C(=O)[O-]. The number of nitro benzene ring substituents is 4. The highest BCUT2D eigenvalue weighted by Gasteiger charge is 2.41. The van der Waals surface area contributed by atoms with Gasteiger partial charge in [-0.05, 0) is 6.92 Å². The van der Waals surface area contributed by atoms with Crippen LogP contribution in [0.25, 0.3) is 11.1 Å². The molecule has 0 spiro atoms. The molecule has 2 aromatic rings. The molecule has 0 saturated carbocycles. The van der Waals surface area contributed by atoms with Crippen LogP contribution in [0.5, 0.6) is 0 Å². The Kier molecular flexibility index (Phi) is 5.20. The maximum atomic E-state index is 11.6. The number of nitro groups is 4. The first kappa shape index (κ1) is 21.7. The summed E-state index contributed by atoms with van der Waals surface area (Å²) >= 11 is 0. The number of hydrogen-bond donors (Lipinski definition) is 0. The van der Waals surface area contributed by atoms with Gasteiger partial charge in [0.15, 0.2) is 6.10 Å². The Labute approximate surface area is 174 Å². The summed E-state index contributed by atoms with van der Waals surface area (Å²) in [4.78, 5) is 57.4. The molecule has 0 aromatic heterocycles. The van der Waals surface area contributed by atoms with Gasteiger partial charge in [-0.15, -0.1) is 0 Å². The van der Waals surface area contributed by atoms with E-state index in [0.717, 1.165) is 19.1 Å². The van der Waals surface area contributed by atoms with Gasteiger partial charge in [0.05, 0.1) is 48.9 Å². The van der Waals surface area contributed by atoms with Gasteiger partial charge in [-0.1, -0.05) is 5.16 Å². The van der Waals surface area contributed by atoms with Crippen molar-refractivity contribution in [2.24, 2.45) is 5.16 Å². The number of hydrogen-bond acceptors (Lipinski definition) is 12. The van der Waals surface area contributed by atoms with E-state index in [9.17, 15) is 50.4 Å². The van der Waals surface area contributed by atoms with Crippen LogP contribution in [0.3, 0.4) is 0 Å². The molecule has 1 aliphatic rings. The molecule has 2 aromatic carbocycles. The summed E-state index contributed by atoms with van der Waals surface area (Å²) in [5.41, 5.74) is -5.52. The van der Waals surface area contributed by atoms with Crippen molar-refractivity contribution < 1.29 is 34.4 Å². The van der Waals surface area contributed by atoms with E-state index in [1.807, 2.05) is 0 Å². The van der Waals surface area contributed by atoms with Gasteiger partial charge in [-0.3, -0.25) is 40.5 Å².